The monoisotopic (exact) mass is 325 g/mol. The molecule has 2 heterocycles. The van der Waals surface area contributed by atoms with Crippen LogP contribution in [0.25, 0.3) is 11.8 Å². The molecule has 0 bridgehead atoms. The molecule has 126 valence electrons. The standard InChI is InChI=1S/C19H23N3O2/c1-4-21-9-5-6-16(19(21)23)10-15-7-8-17(18(11-15)24-3)22-12-14(2)20-13-22/h7-8,10-13H,4-6,9H2,1-3H3/b16-10+. The zero-order valence-electron chi connectivity index (χ0n) is 14.5. The number of rotatable bonds is 4. The van der Waals surface area contributed by atoms with Crippen LogP contribution in [0.2, 0.25) is 0 Å². The van der Waals surface area contributed by atoms with Gasteiger partial charge in [0, 0.05) is 24.9 Å². The summed E-state index contributed by atoms with van der Waals surface area (Å²) in [5, 5.41) is 0. The number of likely N-dealkylation sites (N-methyl/N-ethyl adjacent to an activating group) is 1. The molecule has 0 radical (unpaired) electrons. The lowest BCUT2D eigenvalue weighted by molar-refractivity contribution is -0.128. The van der Waals surface area contributed by atoms with Gasteiger partial charge in [0.05, 0.1) is 24.8 Å². The van der Waals surface area contributed by atoms with Gasteiger partial charge in [0.25, 0.3) is 0 Å². The van der Waals surface area contributed by atoms with E-state index in [4.69, 9.17) is 4.74 Å². The molecule has 0 N–H and O–H groups in total. The molecule has 24 heavy (non-hydrogen) atoms. The van der Waals surface area contributed by atoms with Crippen molar-refractivity contribution in [1.82, 2.24) is 14.5 Å². The third kappa shape index (κ3) is 3.20. The van der Waals surface area contributed by atoms with Crippen molar-refractivity contribution >= 4 is 12.0 Å². The second-order valence-corrected chi connectivity index (χ2v) is 6.01. The maximum absolute atomic E-state index is 12.4. The van der Waals surface area contributed by atoms with Gasteiger partial charge in [-0.1, -0.05) is 6.07 Å². The van der Waals surface area contributed by atoms with E-state index in [0.29, 0.717) is 0 Å². The number of hydrogen-bond acceptors (Lipinski definition) is 3. The van der Waals surface area contributed by atoms with Gasteiger partial charge in [-0.05, 0) is 50.5 Å². The van der Waals surface area contributed by atoms with Crippen LogP contribution in [0.15, 0.2) is 36.3 Å². The molecule has 1 saturated heterocycles. The fraction of sp³-hybridized carbons (Fsp3) is 0.368. The summed E-state index contributed by atoms with van der Waals surface area (Å²) < 4.78 is 7.47. The van der Waals surface area contributed by atoms with Gasteiger partial charge in [0.15, 0.2) is 0 Å². The summed E-state index contributed by atoms with van der Waals surface area (Å²) in [5.41, 5.74) is 3.74. The smallest absolute Gasteiger partial charge is 0.249 e. The lowest BCUT2D eigenvalue weighted by atomic mass is 10.0. The van der Waals surface area contributed by atoms with E-state index in [-0.39, 0.29) is 5.91 Å². The van der Waals surface area contributed by atoms with Crippen LogP contribution in [0.1, 0.15) is 31.0 Å². The number of likely N-dealkylation sites (tertiary alicyclic amines) is 1. The normalized spacial score (nSPS) is 16.7. The molecular formula is C19H23N3O2. The van der Waals surface area contributed by atoms with E-state index in [1.807, 2.05) is 53.8 Å². The minimum absolute atomic E-state index is 0.150. The first-order chi connectivity index (χ1) is 11.6. The van der Waals surface area contributed by atoms with Crippen molar-refractivity contribution < 1.29 is 9.53 Å². The highest BCUT2D eigenvalue weighted by atomic mass is 16.5. The van der Waals surface area contributed by atoms with Crippen LogP contribution < -0.4 is 4.74 Å². The maximum Gasteiger partial charge on any atom is 0.249 e. The number of hydrogen-bond donors (Lipinski definition) is 0. The summed E-state index contributed by atoms with van der Waals surface area (Å²) in [6.07, 6.45) is 7.57. The van der Waals surface area contributed by atoms with Crippen LogP contribution in [0.3, 0.4) is 0 Å². The topological polar surface area (TPSA) is 47.4 Å². The van der Waals surface area contributed by atoms with Crippen molar-refractivity contribution in [1.29, 1.82) is 0 Å². The lowest BCUT2D eigenvalue weighted by Gasteiger charge is -2.27. The van der Waals surface area contributed by atoms with Crippen molar-refractivity contribution in [3.8, 4) is 11.4 Å². The first kappa shape index (κ1) is 16.3. The highest BCUT2D eigenvalue weighted by Gasteiger charge is 2.21. The Balaban J connectivity index is 1.92. The molecular weight excluding hydrogens is 302 g/mol. The number of methoxy groups -OCH3 is 1. The van der Waals surface area contributed by atoms with E-state index >= 15 is 0 Å². The van der Waals surface area contributed by atoms with Crippen molar-refractivity contribution in [2.45, 2.75) is 26.7 Å². The predicted octanol–water partition coefficient (Wildman–Crippen LogP) is 3.22. The van der Waals surface area contributed by atoms with E-state index in [0.717, 1.165) is 54.2 Å². The number of nitrogens with zero attached hydrogens (tertiary/aromatic N) is 3. The average molecular weight is 325 g/mol. The summed E-state index contributed by atoms with van der Waals surface area (Å²) >= 11 is 0. The summed E-state index contributed by atoms with van der Waals surface area (Å²) in [7, 11) is 1.66. The first-order valence-electron chi connectivity index (χ1n) is 8.31. The number of carbonyl (C=O) groups is 1. The molecule has 1 aliphatic heterocycles. The number of imidazole rings is 1. The Bertz CT molecular complexity index is 777. The highest BCUT2D eigenvalue weighted by Crippen LogP contribution is 2.27. The average Bonchev–Trinajstić information content (AvgIpc) is 3.03. The van der Waals surface area contributed by atoms with Crippen molar-refractivity contribution in [2.75, 3.05) is 20.2 Å². The molecule has 5 nitrogen and oxygen atoms in total. The summed E-state index contributed by atoms with van der Waals surface area (Å²) in [5.74, 6) is 0.911. The highest BCUT2D eigenvalue weighted by molar-refractivity contribution is 5.98. The zero-order valence-corrected chi connectivity index (χ0v) is 14.5. The van der Waals surface area contributed by atoms with Crippen LogP contribution in [0.4, 0.5) is 0 Å². The zero-order chi connectivity index (χ0) is 17.1. The summed E-state index contributed by atoms with van der Waals surface area (Å²) in [6.45, 7) is 5.59. The van der Waals surface area contributed by atoms with E-state index < -0.39 is 0 Å². The number of aryl methyl sites for hydroxylation is 1. The number of carbonyl (C=O) groups excluding carboxylic acids is 1. The number of aromatic nitrogens is 2. The Morgan fingerprint density at radius 3 is 2.88 bits per heavy atom. The summed E-state index contributed by atoms with van der Waals surface area (Å²) in [6, 6.07) is 5.98. The van der Waals surface area contributed by atoms with Gasteiger partial charge in [-0.15, -0.1) is 0 Å². The molecule has 1 aromatic carbocycles. The van der Waals surface area contributed by atoms with Crippen LogP contribution in [-0.4, -0.2) is 40.6 Å². The molecule has 0 spiro atoms. The Morgan fingerprint density at radius 1 is 1.38 bits per heavy atom. The number of benzene rings is 1. The van der Waals surface area contributed by atoms with Crippen molar-refractivity contribution in [3.63, 3.8) is 0 Å². The van der Waals surface area contributed by atoms with E-state index in [1.54, 1.807) is 13.4 Å². The molecule has 2 aromatic rings. The molecule has 1 amide bonds. The first-order valence-corrected chi connectivity index (χ1v) is 8.31. The van der Waals surface area contributed by atoms with Gasteiger partial charge in [-0.2, -0.15) is 0 Å². The van der Waals surface area contributed by atoms with Crippen LogP contribution in [0.5, 0.6) is 5.75 Å². The quantitative estimate of drug-likeness (QED) is 0.811. The second kappa shape index (κ2) is 6.91. The third-order valence-electron chi connectivity index (χ3n) is 4.35. The second-order valence-electron chi connectivity index (χ2n) is 6.01. The van der Waals surface area contributed by atoms with Gasteiger partial charge in [0.1, 0.15) is 5.75 Å². The van der Waals surface area contributed by atoms with Gasteiger partial charge in [-0.25, -0.2) is 4.98 Å². The molecule has 0 atom stereocenters. The largest absolute Gasteiger partial charge is 0.495 e. The Morgan fingerprint density at radius 2 is 2.21 bits per heavy atom. The number of amides is 1. The Kier molecular flexibility index (Phi) is 4.69. The van der Waals surface area contributed by atoms with Crippen LogP contribution in [0, 0.1) is 6.92 Å². The molecule has 1 aromatic heterocycles. The van der Waals surface area contributed by atoms with Crippen LogP contribution in [-0.2, 0) is 4.79 Å². The van der Waals surface area contributed by atoms with Gasteiger partial charge in [0.2, 0.25) is 5.91 Å². The molecule has 5 heteroatoms. The van der Waals surface area contributed by atoms with E-state index in [1.165, 1.54) is 0 Å². The molecule has 1 aliphatic rings. The van der Waals surface area contributed by atoms with E-state index in [9.17, 15) is 4.79 Å². The minimum atomic E-state index is 0.150. The van der Waals surface area contributed by atoms with Crippen molar-refractivity contribution in [3.05, 3.63) is 47.6 Å². The maximum atomic E-state index is 12.4. The minimum Gasteiger partial charge on any atom is -0.495 e. The number of piperidine rings is 1. The SMILES string of the molecule is CCN1CCC/C(=C\c2ccc(-n3cnc(C)c3)c(OC)c2)C1=O. The Hall–Kier alpha value is -2.56. The van der Waals surface area contributed by atoms with Gasteiger partial charge < -0.3 is 14.2 Å². The molecule has 3 rings (SSSR count). The molecule has 0 saturated carbocycles. The molecule has 0 unspecified atom stereocenters. The van der Waals surface area contributed by atoms with Crippen LogP contribution >= 0.6 is 0 Å². The lowest BCUT2D eigenvalue weighted by Crippen LogP contribution is -2.36. The molecule has 1 fully saturated rings. The summed E-state index contributed by atoms with van der Waals surface area (Å²) in [4.78, 5) is 18.6. The fourth-order valence-corrected chi connectivity index (χ4v) is 3.06. The van der Waals surface area contributed by atoms with Gasteiger partial charge >= 0.3 is 0 Å². The Labute approximate surface area is 142 Å². The van der Waals surface area contributed by atoms with Gasteiger partial charge in [-0.3, -0.25) is 4.79 Å². The van der Waals surface area contributed by atoms with E-state index in [2.05, 4.69) is 4.98 Å². The fourth-order valence-electron chi connectivity index (χ4n) is 3.06. The van der Waals surface area contributed by atoms with Crippen molar-refractivity contribution in [2.24, 2.45) is 0 Å². The predicted molar refractivity (Wildman–Crippen MR) is 94.3 cm³/mol. The molecule has 0 aliphatic carbocycles. The third-order valence-corrected chi connectivity index (χ3v) is 4.35. The number of ether oxygens (including phenoxy) is 1.